The van der Waals surface area contributed by atoms with Crippen LogP contribution in [0.2, 0.25) is 0 Å². The van der Waals surface area contributed by atoms with E-state index in [0.29, 0.717) is 10.8 Å². The van der Waals surface area contributed by atoms with Crippen LogP contribution in [0.3, 0.4) is 0 Å². The second kappa shape index (κ2) is 7.66. The van der Waals surface area contributed by atoms with Gasteiger partial charge in [0.25, 0.3) is 5.91 Å². The summed E-state index contributed by atoms with van der Waals surface area (Å²) >= 11 is 4.54. The summed E-state index contributed by atoms with van der Waals surface area (Å²) in [5.41, 5.74) is 2.85. The van der Waals surface area contributed by atoms with Crippen LogP contribution in [0.15, 0.2) is 45.4 Å². The number of halogens is 1. The third-order valence-electron chi connectivity index (χ3n) is 2.39. The monoisotopic (exact) mass is 382 g/mol. The zero-order valence-electron chi connectivity index (χ0n) is 11.4. The van der Waals surface area contributed by atoms with Crippen LogP contribution in [0.5, 0.6) is 0 Å². The highest BCUT2D eigenvalue weighted by Gasteiger charge is 2.22. The molecule has 22 heavy (non-hydrogen) atoms. The average Bonchev–Trinajstić information content (AvgIpc) is 3.02. The number of rotatable bonds is 5. The molecule has 0 aliphatic heterocycles. The molecule has 0 aliphatic carbocycles. The fourth-order valence-corrected chi connectivity index (χ4v) is 2.16. The van der Waals surface area contributed by atoms with Crippen molar-refractivity contribution in [3.05, 3.63) is 40.3 Å². The van der Waals surface area contributed by atoms with Gasteiger partial charge >= 0.3 is 5.97 Å². The van der Waals surface area contributed by atoms with Crippen molar-refractivity contribution < 1.29 is 14.3 Å². The van der Waals surface area contributed by atoms with Crippen LogP contribution in [0.25, 0.3) is 0 Å². The van der Waals surface area contributed by atoms with Crippen LogP contribution in [-0.4, -0.2) is 29.7 Å². The highest BCUT2D eigenvalue weighted by atomic mass is 79.9. The van der Waals surface area contributed by atoms with Crippen molar-refractivity contribution in [1.82, 2.24) is 4.98 Å². The molecule has 0 saturated carbocycles. The topological polar surface area (TPSA) is 92.7 Å². The number of carbonyl (C=O) groups excluding carboxylic acids is 2. The fraction of sp³-hybridized carbons (Fsp3) is 0.0769. The SMILES string of the molecule is COC(=O)/C(=N\Nc1ccc(Br)cc1)C(=O)Nc1nccs1. The van der Waals surface area contributed by atoms with Crippen LogP contribution in [-0.2, 0) is 14.3 Å². The van der Waals surface area contributed by atoms with Crippen molar-refractivity contribution in [2.45, 2.75) is 0 Å². The first-order valence-corrected chi connectivity index (χ1v) is 7.66. The fourth-order valence-electron chi connectivity index (χ4n) is 1.37. The predicted molar refractivity (Wildman–Crippen MR) is 88.0 cm³/mol. The van der Waals surface area contributed by atoms with Crippen molar-refractivity contribution in [3.63, 3.8) is 0 Å². The number of aromatic nitrogens is 1. The molecule has 0 spiro atoms. The molecule has 9 heteroatoms. The number of thiazole rings is 1. The summed E-state index contributed by atoms with van der Waals surface area (Å²) in [7, 11) is 1.17. The van der Waals surface area contributed by atoms with Gasteiger partial charge < -0.3 is 4.74 Å². The molecular weight excluding hydrogens is 372 g/mol. The zero-order valence-corrected chi connectivity index (χ0v) is 13.8. The molecule has 1 aromatic heterocycles. The van der Waals surface area contributed by atoms with E-state index >= 15 is 0 Å². The number of carbonyl (C=O) groups is 2. The van der Waals surface area contributed by atoms with Crippen LogP contribution in [0.1, 0.15) is 0 Å². The summed E-state index contributed by atoms with van der Waals surface area (Å²) in [5.74, 6) is -1.55. The van der Waals surface area contributed by atoms with Crippen molar-refractivity contribution in [1.29, 1.82) is 0 Å². The van der Waals surface area contributed by atoms with Gasteiger partial charge in [0.2, 0.25) is 5.71 Å². The number of anilines is 2. The van der Waals surface area contributed by atoms with Gasteiger partial charge in [-0.05, 0) is 24.3 Å². The highest BCUT2D eigenvalue weighted by Crippen LogP contribution is 2.14. The van der Waals surface area contributed by atoms with E-state index in [2.05, 4.69) is 41.5 Å². The van der Waals surface area contributed by atoms with Gasteiger partial charge in [-0.3, -0.25) is 15.5 Å². The number of hydrazone groups is 1. The minimum atomic E-state index is -0.848. The third-order valence-corrected chi connectivity index (χ3v) is 3.60. The molecule has 1 aromatic carbocycles. The number of methoxy groups -OCH3 is 1. The van der Waals surface area contributed by atoms with E-state index in [1.54, 1.807) is 29.6 Å². The third kappa shape index (κ3) is 4.37. The quantitative estimate of drug-likeness (QED) is 0.358. The van der Waals surface area contributed by atoms with Gasteiger partial charge in [-0.2, -0.15) is 5.10 Å². The van der Waals surface area contributed by atoms with E-state index in [-0.39, 0.29) is 0 Å². The Labute approximate surface area is 138 Å². The number of ether oxygens (including phenoxy) is 1. The second-order valence-electron chi connectivity index (χ2n) is 3.86. The van der Waals surface area contributed by atoms with E-state index in [4.69, 9.17) is 0 Å². The van der Waals surface area contributed by atoms with Crippen molar-refractivity contribution in [2.75, 3.05) is 17.9 Å². The molecular formula is C13H11BrN4O3S. The number of esters is 1. The molecule has 0 fully saturated rings. The molecule has 0 aliphatic rings. The van der Waals surface area contributed by atoms with Crippen molar-refractivity contribution in [2.24, 2.45) is 5.10 Å². The second-order valence-corrected chi connectivity index (χ2v) is 5.67. The Morgan fingerprint density at radius 2 is 2.05 bits per heavy atom. The van der Waals surface area contributed by atoms with Crippen molar-refractivity contribution >= 4 is 55.7 Å². The number of nitrogens with zero attached hydrogens (tertiary/aromatic N) is 2. The molecule has 2 rings (SSSR count). The van der Waals surface area contributed by atoms with Gasteiger partial charge in [0.05, 0.1) is 12.8 Å². The molecule has 1 heterocycles. The zero-order chi connectivity index (χ0) is 15.9. The Kier molecular flexibility index (Phi) is 5.61. The molecule has 0 atom stereocenters. The minimum absolute atomic E-state index is 0.366. The first-order valence-electron chi connectivity index (χ1n) is 5.98. The summed E-state index contributed by atoms with van der Waals surface area (Å²) in [6.07, 6.45) is 1.54. The summed E-state index contributed by atoms with van der Waals surface area (Å²) < 4.78 is 5.46. The average molecular weight is 383 g/mol. The lowest BCUT2D eigenvalue weighted by Crippen LogP contribution is -2.31. The Bertz CT molecular complexity index is 686. The molecule has 7 nitrogen and oxygen atoms in total. The molecule has 1 amide bonds. The largest absolute Gasteiger partial charge is 0.464 e. The van der Waals surface area contributed by atoms with Crippen LogP contribution in [0, 0.1) is 0 Å². The molecule has 0 bridgehead atoms. The number of hydrogen-bond acceptors (Lipinski definition) is 7. The van der Waals surface area contributed by atoms with Gasteiger partial charge in [0.1, 0.15) is 0 Å². The summed E-state index contributed by atoms with van der Waals surface area (Å²) in [6.45, 7) is 0. The Hall–Kier alpha value is -2.26. The van der Waals surface area contributed by atoms with E-state index in [1.807, 2.05) is 0 Å². The Morgan fingerprint density at radius 1 is 1.32 bits per heavy atom. The number of nitrogens with one attached hydrogen (secondary N) is 2. The van der Waals surface area contributed by atoms with Crippen LogP contribution in [0.4, 0.5) is 10.8 Å². The maximum Gasteiger partial charge on any atom is 0.364 e. The van der Waals surface area contributed by atoms with Gasteiger partial charge in [0.15, 0.2) is 5.13 Å². The molecule has 2 N–H and O–H groups in total. The van der Waals surface area contributed by atoms with Crippen LogP contribution >= 0.6 is 27.3 Å². The first-order chi connectivity index (χ1) is 10.6. The molecule has 114 valence electrons. The van der Waals surface area contributed by atoms with Gasteiger partial charge in [-0.25, -0.2) is 9.78 Å². The summed E-state index contributed by atoms with van der Waals surface area (Å²) in [4.78, 5) is 27.6. The summed E-state index contributed by atoms with van der Waals surface area (Å²) in [6, 6.07) is 7.07. The summed E-state index contributed by atoms with van der Waals surface area (Å²) in [5, 5.41) is 8.35. The van der Waals surface area contributed by atoms with Gasteiger partial charge in [-0.1, -0.05) is 15.9 Å². The predicted octanol–water partition coefficient (Wildman–Crippen LogP) is 2.49. The molecule has 2 aromatic rings. The smallest absolute Gasteiger partial charge is 0.364 e. The standard InChI is InChI=1S/C13H11BrN4O3S/c1-21-12(20)10(11(19)16-13-15-6-7-22-13)18-17-9-4-2-8(14)3-5-9/h2-7,17H,1H3,(H,15,16,19)/b18-10-. The van der Waals surface area contributed by atoms with Gasteiger partial charge in [0, 0.05) is 16.0 Å². The van der Waals surface area contributed by atoms with E-state index in [9.17, 15) is 9.59 Å². The maximum atomic E-state index is 12.1. The first kappa shape index (κ1) is 16.1. The minimum Gasteiger partial charge on any atom is -0.464 e. The van der Waals surface area contributed by atoms with E-state index < -0.39 is 17.6 Å². The highest BCUT2D eigenvalue weighted by molar-refractivity contribution is 9.10. The van der Waals surface area contributed by atoms with Gasteiger partial charge in [-0.15, -0.1) is 11.3 Å². The Balaban J connectivity index is 2.14. The lowest BCUT2D eigenvalue weighted by Gasteiger charge is -2.06. The van der Waals surface area contributed by atoms with Crippen LogP contribution < -0.4 is 10.7 Å². The number of amides is 1. The lowest BCUT2D eigenvalue weighted by atomic mass is 10.3. The lowest BCUT2D eigenvalue weighted by molar-refractivity contribution is -0.133. The Morgan fingerprint density at radius 3 is 2.64 bits per heavy atom. The van der Waals surface area contributed by atoms with E-state index in [0.717, 1.165) is 4.47 Å². The molecule has 0 unspecified atom stereocenters. The molecule has 0 saturated heterocycles. The van der Waals surface area contributed by atoms with Crippen molar-refractivity contribution in [3.8, 4) is 0 Å². The number of benzene rings is 1. The molecule has 0 radical (unpaired) electrons. The normalized spacial score (nSPS) is 10.9. The number of hydrogen-bond donors (Lipinski definition) is 2. The van der Waals surface area contributed by atoms with E-state index in [1.165, 1.54) is 24.6 Å². The maximum absolute atomic E-state index is 12.1.